The van der Waals surface area contributed by atoms with Crippen LogP contribution in [-0.4, -0.2) is 96.3 Å². The van der Waals surface area contributed by atoms with E-state index in [1.807, 2.05) is 12.1 Å². The second kappa shape index (κ2) is 15.1. The molecule has 15 heteroatoms. The second-order valence-electron chi connectivity index (χ2n) is 12.0. The number of esters is 1. The molecule has 0 saturated carbocycles. The third-order valence-electron chi connectivity index (χ3n) is 8.66. The SMILES string of the molecule is CCCCCc1cc(OO[C@H]2[C@@H](O)[C@H](OCCCO)[C@@H](COC(=O)CC(=O)O)O[C@H]2O)cc2c1OC[C@H]1c3cc4c(cc3O[C@H]21)OCO4. The molecule has 7 atom stereocenters. The van der Waals surface area contributed by atoms with Crippen molar-refractivity contribution in [1.29, 1.82) is 0 Å². The van der Waals surface area contributed by atoms with Crippen molar-refractivity contribution in [3.8, 4) is 28.7 Å². The summed E-state index contributed by atoms with van der Waals surface area (Å²) in [6.07, 6.45) is -4.48. The lowest BCUT2D eigenvalue weighted by atomic mass is 9.87. The molecule has 2 aromatic rings. The highest BCUT2D eigenvalue weighted by atomic mass is 17.2. The maximum atomic E-state index is 11.8. The van der Waals surface area contributed by atoms with Crippen molar-refractivity contribution in [1.82, 2.24) is 0 Å². The number of unbranched alkanes of at least 4 members (excludes halogenated alkanes) is 2. The van der Waals surface area contributed by atoms with E-state index >= 15 is 0 Å². The third-order valence-corrected chi connectivity index (χ3v) is 8.66. The van der Waals surface area contributed by atoms with Crippen LogP contribution in [0.1, 0.15) is 67.7 Å². The molecule has 262 valence electrons. The lowest BCUT2D eigenvalue weighted by molar-refractivity contribution is -0.368. The average molecular weight is 677 g/mol. The Bertz CT molecular complexity index is 1460. The van der Waals surface area contributed by atoms with Gasteiger partial charge >= 0.3 is 11.9 Å². The van der Waals surface area contributed by atoms with Crippen LogP contribution in [-0.2, 0) is 35.1 Å². The van der Waals surface area contributed by atoms with Gasteiger partial charge in [-0.25, -0.2) is 0 Å². The molecule has 0 aromatic heterocycles. The number of aryl methyl sites for hydroxylation is 1. The number of aliphatic carboxylic acids is 1. The first kappa shape index (κ1) is 34.0. The van der Waals surface area contributed by atoms with E-state index in [0.717, 1.165) is 36.0 Å². The van der Waals surface area contributed by atoms with Crippen molar-refractivity contribution in [3.63, 3.8) is 0 Å². The van der Waals surface area contributed by atoms with Crippen LogP contribution in [0.2, 0.25) is 0 Å². The van der Waals surface area contributed by atoms with Crippen LogP contribution in [0.5, 0.6) is 28.7 Å². The fourth-order valence-corrected chi connectivity index (χ4v) is 6.31. The molecule has 48 heavy (non-hydrogen) atoms. The lowest BCUT2D eigenvalue weighted by Gasteiger charge is -2.41. The van der Waals surface area contributed by atoms with Crippen molar-refractivity contribution in [2.75, 3.05) is 33.2 Å². The zero-order chi connectivity index (χ0) is 33.8. The number of aliphatic hydroxyl groups excluding tert-OH is 3. The van der Waals surface area contributed by atoms with Crippen LogP contribution in [0.4, 0.5) is 0 Å². The topological polar surface area (TPSA) is 198 Å². The number of carbonyl (C=O) groups is 2. The minimum Gasteiger partial charge on any atom is -0.492 e. The molecule has 4 aliphatic heterocycles. The number of carbonyl (C=O) groups excluding carboxylic acids is 1. The van der Waals surface area contributed by atoms with E-state index in [1.54, 1.807) is 12.1 Å². The fraction of sp³-hybridized carbons (Fsp3) is 0.576. The van der Waals surface area contributed by atoms with Crippen LogP contribution in [0.3, 0.4) is 0 Å². The predicted molar refractivity (Wildman–Crippen MR) is 161 cm³/mol. The summed E-state index contributed by atoms with van der Waals surface area (Å²) in [6.45, 7) is 1.99. The first-order valence-corrected chi connectivity index (χ1v) is 16.1. The Kier molecular flexibility index (Phi) is 10.7. The smallest absolute Gasteiger partial charge is 0.317 e. The van der Waals surface area contributed by atoms with E-state index in [0.29, 0.717) is 36.0 Å². The number of carboxylic acids is 1. The van der Waals surface area contributed by atoms with E-state index in [1.165, 1.54) is 0 Å². The predicted octanol–water partition coefficient (Wildman–Crippen LogP) is 2.30. The minimum absolute atomic E-state index is 0.00293. The van der Waals surface area contributed by atoms with Crippen molar-refractivity contribution in [3.05, 3.63) is 41.0 Å². The Labute approximate surface area is 276 Å². The molecular formula is C33H40O15. The van der Waals surface area contributed by atoms with Crippen LogP contribution >= 0.6 is 0 Å². The minimum atomic E-state index is -1.74. The van der Waals surface area contributed by atoms with Gasteiger partial charge in [-0.1, -0.05) is 19.8 Å². The van der Waals surface area contributed by atoms with Gasteiger partial charge in [-0.05, 0) is 43.0 Å². The molecule has 4 N–H and O–H groups in total. The first-order valence-electron chi connectivity index (χ1n) is 16.1. The molecule has 6 rings (SSSR count). The van der Waals surface area contributed by atoms with Gasteiger partial charge in [-0.3, -0.25) is 9.59 Å². The van der Waals surface area contributed by atoms with E-state index in [2.05, 4.69) is 6.92 Å². The number of fused-ring (bicyclic) bond motifs is 6. The van der Waals surface area contributed by atoms with Gasteiger partial charge in [0, 0.05) is 30.4 Å². The van der Waals surface area contributed by atoms with E-state index in [4.69, 9.17) is 48.0 Å². The van der Waals surface area contributed by atoms with E-state index in [-0.39, 0.29) is 44.2 Å². The number of hydrogen-bond acceptors (Lipinski definition) is 14. The molecule has 2 aromatic carbocycles. The Hall–Kier alpha value is -3.86. The van der Waals surface area contributed by atoms with Gasteiger partial charge in [-0.15, -0.1) is 0 Å². The van der Waals surface area contributed by atoms with Crippen LogP contribution in [0.15, 0.2) is 24.3 Å². The number of rotatable bonds is 15. The zero-order valence-corrected chi connectivity index (χ0v) is 26.4. The summed E-state index contributed by atoms with van der Waals surface area (Å²) in [6, 6.07) is 7.28. The molecule has 1 saturated heterocycles. The first-order chi connectivity index (χ1) is 23.3. The van der Waals surface area contributed by atoms with Gasteiger partial charge in [0.2, 0.25) is 6.79 Å². The van der Waals surface area contributed by atoms with Crippen LogP contribution < -0.4 is 23.8 Å². The summed E-state index contributed by atoms with van der Waals surface area (Å²) in [5.41, 5.74) is 2.60. The van der Waals surface area contributed by atoms with Crippen molar-refractivity contribution >= 4 is 11.9 Å². The monoisotopic (exact) mass is 676 g/mol. The largest absolute Gasteiger partial charge is 0.492 e. The summed E-state index contributed by atoms with van der Waals surface area (Å²) in [5.74, 6) is 0.425. The molecule has 0 radical (unpaired) electrons. The van der Waals surface area contributed by atoms with Crippen molar-refractivity contribution < 1.29 is 72.9 Å². The summed E-state index contributed by atoms with van der Waals surface area (Å²) < 4.78 is 40.2. The standard InChI is InChI=1S/C33H40O15/c1-2-3-4-6-17-9-18(10-20-29(17)42-14-21-19-11-23-24(44-16-43-23)12-22(19)45-30(20)21)47-48-32-28(38)31(40-8-5-7-34)25(46-33(32)39)15-41-27(37)13-26(35)36/h9-12,21,25,28,30-34,38-39H,2-8,13-16H2,1H3,(H,35,36)/t21-,25+,28-,30+,31+,32-,33+/m0/s1. The van der Waals surface area contributed by atoms with E-state index in [9.17, 15) is 24.9 Å². The lowest BCUT2D eigenvalue weighted by Crippen LogP contribution is -2.60. The molecular weight excluding hydrogens is 636 g/mol. The molecule has 0 bridgehead atoms. The maximum Gasteiger partial charge on any atom is 0.317 e. The number of carboxylic acid groups (broad SMARTS) is 1. The number of hydrogen-bond donors (Lipinski definition) is 4. The Morgan fingerprint density at radius 2 is 1.77 bits per heavy atom. The van der Waals surface area contributed by atoms with Crippen molar-refractivity contribution in [2.45, 2.75) is 88.2 Å². The highest BCUT2D eigenvalue weighted by Gasteiger charge is 2.48. The maximum absolute atomic E-state index is 11.8. The summed E-state index contributed by atoms with van der Waals surface area (Å²) in [7, 11) is 0. The highest BCUT2D eigenvalue weighted by molar-refractivity contribution is 5.90. The second-order valence-corrected chi connectivity index (χ2v) is 12.0. The molecule has 0 amide bonds. The Balaban J connectivity index is 1.20. The number of benzene rings is 2. The van der Waals surface area contributed by atoms with Gasteiger partial charge in [0.15, 0.2) is 29.6 Å². The third kappa shape index (κ3) is 7.26. The highest BCUT2D eigenvalue weighted by Crippen LogP contribution is 2.55. The molecule has 4 aliphatic rings. The van der Waals surface area contributed by atoms with Crippen molar-refractivity contribution in [2.24, 2.45) is 0 Å². The normalized spacial score (nSPS) is 26.5. The van der Waals surface area contributed by atoms with Gasteiger partial charge in [-0.2, -0.15) is 4.89 Å². The quantitative estimate of drug-likeness (QED) is 0.0704. The Morgan fingerprint density at radius 3 is 2.54 bits per heavy atom. The van der Waals surface area contributed by atoms with Gasteiger partial charge in [0.1, 0.15) is 48.9 Å². The van der Waals surface area contributed by atoms with Crippen LogP contribution in [0.25, 0.3) is 0 Å². The zero-order valence-electron chi connectivity index (χ0n) is 26.4. The summed E-state index contributed by atoms with van der Waals surface area (Å²) in [5, 5.41) is 40.0. The van der Waals surface area contributed by atoms with Gasteiger partial charge < -0.3 is 58.5 Å². The molecule has 0 aliphatic carbocycles. The van der Waals surface area contributed by atoms with Gasteiger partial charge in [0.25, 0.3) is 0 Å². The number of ether oxygens (including phenoxy) is 7. The van der Waals surface area contributed by atoms with Gasteiger partial charge in [0.05, 0.1) is 12.5 Å². The summed E-state index contributed by atoms with van der Waals surface area (Å²) >= 11 is 0. The van der Waals surface area contributed by atoms with Crippen LogP contribution in [0, 0.1) is 0 Å². The molecule has 4 heterocycles. The fourth-order valence-electron chi connectivity index (χ4n) is 6.31. The molecule has 0 unspecified atom stereocenters. The summed E-state index contributed by atoms with van der Waals surface area (Å²) in [4.78, 5) is 34.0. The molecule has 1 fully saturated rings. The molecule has 0 spiro atoms. The molecule has 15 nitrogen and oxygen atoms in total. The average Bonchev–Trinajstić information content (AvgIpc) is 3.67. The Morgan fingerprint density at radius 1 is 0.958 bits per heavy atom. The van der Waals surface area contributed by atoms with E-state index < -0.39 is 55.7 Å². The number of aliphatic hydroxyl groups is 3.